The summed E-state index contributed by atoms with van der Waals surface area (Å²) in [7, 11) is -2.25. The number of allylic oxidation sites excluding steroid dienone is 2. The molecule has 1 aliphatic heterocycles. The Labute approximate surface area is 231 Å². The third-order valence-corrected chi connectivity index (χ3v) is 11.8. The fraction of sp³-hybridized carbons (Fsp3) is 0.0526. The lowest BCUT2D eigenvalue weighted by Crippen LogP contribution is -2.28. The van der Waals surface area contributed by atoms with Gasteiger partial charge in [-0.2, -0.15) is 0 Å². The highest BCUT2D eigenvalue weighted by Crippen LogP contribution is 2.57. The number of benzene rings is 6. The van der Waals surface area contributed by atoms with Crippen LogP contribution in [0.1, 0.15) is 22.3 Å². The van der Waals surface area contributed by atoms with Crippen LogP contribution in [-0.4, -0.2) is 8.07 Å². The Kier molecular flexibility index (Phi) is 5.68. The molecule has 0 aromatic heterocycles. The number of hydrogen-bond acceptors (Lipinski definition) is 0. The van der Waals surface area contributed by atoms with Crippen LogP contribution in [0.2, 0.25) is 13.1 Å². The summed E-state index contributed by atoms with van der Waals surface area (Å²) in [4.78, 5) is 0. The molecule has 0 atom stereocenters. The summed E-state index contributed by atoms with van der Waals surface area (Å²) in [5.74, 6) is 0. The van der Waals surface area contributed by atoms with Gasteiger partial charge in [-0.05, 0) is 65.3 Å². The molecule has 186 valence electrons. The maximum atomic E-state index is 2.56. The van der Waals surface area contributed by atoms with E-state index in [1.54, 1.807) is 0 Å². The fourth-order valence-electron chi connectivity index (χ4n) is 6.62. The molecule has 39 heavy (non-hydrogen) atoms. The molecular weight excluding hydrogens is 485 g/mol. The van der Waals surface area contributed by atoms with Crippen LogP contribution in [0.4, 0.5) is 0 Å². The Balaban J connectivity index is 1.66. The van der Waals surface area contributed by atoms with Crippen LogP contribution in [0.3, 0.4) is 0 Å². The van der Waals surface area contributed by atoms with Crippen LogP contribution in [0, 0.1) is 0 Å². The van der Waals surface area contributed by atoms with E-state index in [0.29, 0.717) is 0 Å². The predicted octanol–water partition coefficient (Wildman–Crippen LogP) is 10.3. The monoisotopic (exact) mass is 514 g/mol. The third kappa shape index (κ3) is 3.81. The van der Waals surface area contributed by atoms with Crippen molar-refractivity contribution in [3.8, 4) is 0 Å². The van der Waals surface area contributed by atoms with Crippen molar-refractivity contribution in [1.29, 1.82) is 0 Å². The minimum atomic E-state index is -2.25. The van der Waals surface area contributed by atoms with Gasteiger partial charge in [-0.15, -0.1) is 0 Å². The van der Waals surface area contributed by atoms with Crippen LogP contribution in [-0.2, 0) is 0 Å². The van der Waals surface area contributed by atoms with Crippen LogP contribution < -0.4 is 0 Å². The first-order valence-corrected chi connectivity index (χ1v) is 16.7. The molecule has 1 aliphatic rings. The van der Waals surface area contributed by atoms with Gasteiger partial charge in [-0.1, -0.05) is 159 Å². The zero-order valence-corrected chi connectivity index (χ0v) is 23.4. The van der Waals surface area contributed by atoms with E-state index in [1.807, 2.05) is 0 Å². The predicted molar refractivity (Wildman–Crippen MR) is 172 cm³/mol. The van der Waals surface area contributed by atoms with Gasteiger partial charge in [0.25, 0.3) is 0 Å². The molecule has 0 spiro atoms. The summed E-state index contributed by atoms with van der Waals surface area (Å²) in [5, 5.41) is 8.28. The average molecular weight is 515 g/mol. The van der Waals surface area contributed by atoms with Crippen molar-refractivity contribution in [3.05, 3.63) is 168 Å². The normalized spacial score (nSPS) is 14.9. The Morgan fingerprint density at radius 2 is 0.718 bits per heavy atom. The largest absolute Gasteiger partial charge is 0.115 e. The van der Waals surface area contributed by atoms with Crippen LogP contribution in [0.5, 0.6) is 0 Å². The van der Waals surface area contributed by atoms with Gasteiger partial charge in [0.1, 0.15) is 8.07 Å². The van der Waals surface area contributed by atoms with E-state index in [9.17, 15) is 0 Å². The molecule has 1 heterocycles. The molecular formula is C38H30Si. The average Bonchev–Trinajstić information content (AvgIpc) is 3.24. The van der Waals surface area contributed by atoms with E-state index in [0.717, 1.165) is 0 Å². The van der Waals surface area contributed by atoms with E-state index in [1.165, 1.54) is 65.3 Å². The number of fused-ring (bicyclic) bond motifs is 2. The molecule has 0 saturated carbocycles. The Hall–Kier alpha value is -4.46. The molecule has 0 N–H and O–H groups in total. The van der Waals surface area contributed by atoms with E-state index < -0.39 is 8.07 Å². The maximum Gasteiger partial charge on any atom is 0.115 e. The third-order valence-electron chi connectivity index (χ3n) is 8.24. The molecule has 1 heteroatoms. The van der Waals surface area contributed by atoms with Crippen molar-refractivity contribution in [1.82, 2.24) is 0 Å². The van der Waals surface area contributed by atoms with Crippen molar-refractivity contribution in [2.75, 3.05) is 0 Å². The van der Waals surface area contributed by atoms with Gasteiger partial charge >= 0.3 is 0 Å². The molecule has 0 unspecified atom stereocenters. The molecule has 7 rings (SSSR count). The zero-order chi connectivity index (χ0) is 26.4. The smallest absolute Gasteiger partial charge is 0.0622 e. The van der Waals surface area contributed by atoms with E-state index in [2.05, 4.69) is 159 Å². The lowest BCUT2D eigenvalue weighted by molar-refractivity contribution is 1.59. The Morgan fingerprint density at radius 3 is 1.15 bits per heavy atom. The second kappa shape index (κ2) is 9.38. The summed E-state index contributed by atoms with van der Waals surface area (Å²) in [6, 6.07) is 53.5. The SMILES string of the molecule is C[Si]1(C)C(c2cccc3ccccc23)=C(c2ccccc2)C(c2ccccc2)=C1c1cccc2ccccc12. The lowest BCUT2D eigenvalue weighted by Gasteiger charge is -2.28. The first-order chi connectivity index (χ1) is 19.1. The molecule has 0 amide bonds. The van der Waals surface area contributed by atoms with Crippen molar-refractivity contribution in [2.45, 2.75) is 13.1 Å². The molecule has 0 saturated heterocycles. The van der Waals surface area contributed by atoms with Gasteiger partial charge in [0.05, 0.1) is 0 Å². The Bertz CT molecular complexity index is 1760. The molecule has 0 aliphatic carbocycles. The highest BCUT2D eigenvalue weighted by molar-refractivity contribution is 7.13. The zero-order valence-electron chi connectivity index (χ0n) is 22.4. The van der Waals surface area contributed by atoms with Crippen molar-refractivity contribution < 1.29 is 0 Å². The summed E-state index contributed by atoms with van der Waals surface area (Å²) in [6.07, 6.45) is 0. The van der Waals surface area contributed by atoms with E-state index >= 15 is 0 Å². The van der Waals surface area contributed by atoms with Crippen LogP contribution >= 0.6 is 0 Å². The van der Waals surface area contributed by atoms with Crippen molar-refractivity contribution in [2.24, 2.45) is 0 Å². The van der Waals surface area contributed by atoms with Gasteiger partial charge < -0.3 is 0 Å². The van der Waals surface area contributed by atoms with Crippen LogP contribution in [0.15, 0.2) is 146 Å². The highest BCUT2D eigenvalue weighted by atomic mass is 28.3. The van der Waals surface area contributed by atoms with Crippen LogP contribution in [0.25, 0.3) is 43.1 Å². The van der Waals surface area contributed by atoms with E-state index in [4.69, 9.17) is 0 Å². The second-order valence-electron chi connectivity index (χ2n) is 10.9. The van der Waals surface area contributed by atoms with Gasteiger partial charge in [0, 0.05) is 0 Å². The molecule has 0 nitrogen and oxygen atoms in total. The fourth-order valence-corrected chi connectivity index (χ4v) is 10.4. The van der Waals surface area contributed by atoms with Gasteiger partial charge in [-0.25, -0.2) is 0 Å². The molecule has 0 radical (unpaired) electrons. The topological polar surface area (TPSA) is 0 Å². The van der Waals surface area contributed by atoms with E-state index in [-0.39, 0.29) is 0 Å². The standard InChI is InChI=1S/C38H30Si/c1-39(2)37(33-25-13-21-27-15-9-11-23-31(27)33)35(29-17-5-3-6-18-29)36(30-19-7-4-8-20-30)38(39)34-26-14-22-28-16-10-12-24-32(28)34/h3-26H,1-2H3. The highest BCUT2D eigenvalue weighted by Gasteiger charge is 2.44. The Morgan fingerprint density at radius 1 is 0.359 bits per heavy atom. The molecule has 0 bridgehead atoms. The summed E-state index contributed by atoms with van der Waals surface area (Å²) in [6.45, 7) is 5.11. The van der Waals surface area contributed by atoms with Gasteiger partial charge in [0.15, 0.2) is 0 Å². The van der Waals surface area contributed by atoms with Crippen molar-refractivity contribution >= 4 is 51.2 Å². The summed E-state index contributed by atoms with van der Waals surface area (Å²) >= 11 is 0. The quantitative estimate of drug-likeness (QED) is 0.205. The van der Waals surface area contributed by atoms with Crippen molar-refractivity contribution in [3.63, 3.8) is 0 Å². The van der Waals surface area contributed by atoms with Gasteiger partial charge in [-0.3, -0.25) is 0 Å². The first-order valence-electron chi connectivity index (χ1n) is 13.7. The molecule has 0 fully saturated rings. The van der Waals surface area contributed by atoms with Gasteiger partial charge in [0.2, 0.25) is 0 Å². The maximum absolute atomic E-state index is 2.56. The summed E-state index contributed by atoms with van der Waals surface area (Å²) < 4.78 is 0. The minimum Gasteiger partial charge on any atom is -0.0622 e. The number of rotatable bonds is 4. The molecule has 6 aromatic carbocycles. The molecule has 6 aromatic rings. The second-order valence-corrected chi connectivity index (χ2v) is 15.2. The lowest BCUT2D eigenvalue weighted by atomic mass is 9.88. The minimum absolute atomic E-state index is 1.29. The number of hydrogen-bond donors (Lipinski definition) is 0. The summed E-state index contributed by atoms with van der Waals surface area (Å²) in [5.41, 5.74) is 8.08. The first kappa shape index (κ1) is 23.6.